The van der Waals surface area contributed by atoms with Crippen LogP contribution < -0.4 is 5.32 Å². The molecule has 0 aliphatic heterocycles. The lowest BCUT2D eigenvalue weighted by molar-refractivity contribution is -0.115. The van der Waals surface area contributed by atoms with Crippen molar-refractivity contribution in [3.05, 3.63) is 59.7 Å². The van der Waals surface area contributed by atoms with Gasteiger partial charge in [0.05, 0.1) is 22.6 Å². The second kappa shape index (κ2) is 7.27. The Kier molecular flexibility index (Phi) is 5.35. The average Bonchev–Trinajstić information content (AvgIpc) is 2.55. The number of carboxylic acid groups (broad SMARTS) is 1. The molecule has 2 rings (SSSR count). The molecule has 0 atom stereocenters. The number of sulfone groups is 1. The highest BCUT2D eigenvalue weighted by atomic mass is 32.2. The molecule has 24 heavy (non-hydrogen) atoms. The zero-order chi connectivity index (χ0) is 17.7. The number of nitrogens with one attached hydrogen (secondary N) is 1. The van der Waals surface area contributed by atoms with Crippen LogP contribution in [-0.2, 0) is 21.1 Å². The molecular formula is C17H17NO5S. The first-order valence-corrected chi connectivity index (χ1v) is 8.92. The molecule has 126 valence electrons. The van der Waals surface area contributed by atoms with E-state index in [0.29, 0.717) is 11.3 Å². The zero-order valence-corrected chi connectivity index (χ0v) is 13.8. The molecular weight excluding hydrogens is 330 g/mol. The summed E-state index contributed by atoms with van der Waals surface area (Å²) in [6, 6.07) is 12.1. The smallest absolute Gasteiger partial charge is 0.335 e. The average molecular weight is 347 g/mol. The Balaban J connectivity index is 2.12. The predicted octanol–water partition coefficient (Wildman–Crippen LogP) is 2.36. The summed E-state index contributed by atoms with van der Waals surface area (Å²) in [6.07, 6.45) is -0.00806. The van der Waals surface area contributed by atoms with Gasteiger partial charge in [0, 0.05) is 5.69 Å². The number of aromatic carboxylic acids is 1. The SMILES string of the molecule is CCS(=O)(=O)c1cccc(NC(=O)Cc2cccc(C(=O)O)c2)c1. The van der Waals surface area contributed by atoms with E-state index in [4.69, 9.17) is 5.11 Å². The molecule has 1 amide bonds. The number of carbonyl (C=O) groups is 2. The molecule has 0 bridgehead atoms. The van der Waals surface area contributed by atoms with Gasteiger partial charge in [-0.2, -0.15) is 0 Å². The number of benzene rings is 2. The fourth-order valence-corrected chi connectivity index (χ4v) is 3.06. The van der Waals surface area contributed by atoms with E-state index in [0.717, 1.165) is 0 Å². The first-order valence-electron chi connectivity index (χ1n) is 7.26. The first-order chi connectivity index (χ1) is 11.3. The van der Waals surface area contributed by atoms with Crippen molar-refractivity contribution in [1.29, 1.82) is 0 Å². The maximum absolute atomic E-state index is 12.1. The van der Waals surface area contributed by atoms with Gasteiger partial charge >= 0.3 is 5.97 Å². The Morgan fingerprint density at radius 3 is 2.46 bits per heavy atom. The standard InChI is InChI=1S/C17H17NO5S/c1-2-24(22,23)15-8-4-7-14(11-15)18-16(19)10-12-5-3-6-13(9-12)17(20)21/h3-9,11H,2,10H2,1H3,(H,18,19)(H,20,21). The van der Waals surface area contributed by atoms with Gasteiger partial charge in [-0.25, -0.2) is 13.2 Å². The minimum absolute atomic E-state index is 0.00806. The summed E-state index contributed by atoms with van der Waals surface area (Å²) in [5, 5.41) is 11.6. The first kappa shape index (κ1) is 17.7. The molecule has 0 aliphatic carbocycles. The summed E-state index contributed by atoms with van der Waals surface area (Å²) in [4.78, 5) is 23.2. The number of hydrogen-bond acceptors (Lipinski definition) is 4. The van der Waals surface area contributed by atoms with Crippen LogP contribution in [0.3, 0.4) is 0 Å². The van der Waals surface area contributed by atoms with Crippen LogP contribution in [0.5, 0.6) is 0 Å². The van der Waals surface area contributed by atoms with E-state index in [1.807, 2.05) is 0 Å². The van der Waals surface area contributed by atoms with E-state index < -0.39 is 15.8 Å². The van der Waals surface area contributed by atoms with Gasteiger partial charge in [-0.05, 0) is 35.9 Å². The van der Waals surface area contributed by atoms with Crippen molar-refractivity contribution in [1.82, 2.24) is 0 Å². The van der Waals surface area contributed by atoms with Crippen LogP contribution in [-0.4, -0.2) is 31.2 Å². The topological polar surface area (TPSA) is 101 Å². The van der Waals surface area contributed by atoms with Crippen molar-refractivity contribution < 1.29 is 23.1 Å². The van der Waals surface area contributed by atoms with E-state index in [2.05, 4.69) is 5.32 Å². The van der Waals surface area contributed by atoms with Crippen molar-refractivity contribution in [3.8, 4) is 0 Å². The third kappa shape index (κ3) is 4.42. The Bertz CT molecular complexity index is 874. The van der Waals surface area contributed by atoms with Crippen LogP contribution >= 0.6 is 0 Å². The van der Waals surface area contributed by atoms with Crippen LogP contribution in [0.25, 0.3) is 0 Å². The van der Waals surface area contributed by atoms with Crippen molar-refractivity contribution in [2.75, 3.05) is 11.1 Å². The molecule has 0 unspecified atom stereocenters. The van der Waals surface area contributed by atoms with Gasteiger partial charge in [0.15, 0.2) is 9.84 Å². The normalized spacial score (nSPS) is 11.0. The van der Waals surface area contributed by atoms with Crippen LogP contribution in [0.15, 0.2) is 53.4 Å². The largest absolute Gasteiger partial charge is 0.478 e. The highest BCUT2D eigenvalue weighted by Crippen LogP contribution is 2.17. The molecule has 7 heteroatoms. The van der Waals surface area contributed by atoms with Gasteiger partial charge in [-0.3, -0.25) is 4.79 Å². The minimum atomic E-state index is -3.35. The van der Waals surface area contributed by atoms with E-state index in [-0.39, 0.29) is 28.5 Å². The fourth-order valence-electron chi connectivity index (χ4n) is 2.14. The predicted molar refractivity (Wildman–Crippen MR) is 89.9 cm³/mol. The molecule has 0 fully saturated rings. The Hall–Kier alpha value is -2.67. The van der Waals surface area contributed by atoms with Gasteiger partial charge < -0.3 is 10.4 Å². The third-order valence-corrected chi connectivity index (χ3v) is 5.13. The zero-order valence-electron chi connectivity index (χ0n) is 13.0. The quantitative estimate of drug-likeness (QED) is 0.835. The van der Waals surface area contributed by atoms with Gasteiger partial charge in [0.25, 0.3) is 0 Å². The second-order valence-electron chi connectivity index (χ2n) is 5.16. The molecule has 0 aromatic heterocycles. The van der Waals surface area contributed by atoms with Crippen molar-refractivity contribution in [3.63, 3.8) is 0 Å². The number of carboxylic acids is 1. The maximum atomic E-state index is 12.1. The van der Waals surface area contributed by atoms with Gasteiger partial charge in [-0.1, -0.05) is 25.1 Å². The lowest BCUT2D eigenvalue weighted by Crippen LogP contribution is -2.15. The number of rotatable bonds is 6. The molecule has 0 heterocycles. The summed E-state index contributed by atoms with van der Waals surface area (Å²) >= 11 is 0. The molecule has 2 aromatic carbocycles. The lowest BCUT2D eigenvalue weighted by Gasteiger charge is -2.08. The van der Waals surface area contributed by atoms with E-state index in [1.165, 1.54) is 24.3 Å². The van der Waals surface area contributed by atoms with E-state index in [9.17, 15) is 18.0 Å². The Labute approximate surface area is 140 Å². The maximum Gasteiger partial charge on any atom is 0.335 e. The molecule has 0 radical (unpaired) electrons. The van der Waals surface area contributed by atoms with Crippen molar-refractivity contribution in [2.24, 2.45) is 0 Å². The fraction of sp³-hybridized carbons (Fsp3) is 0.176. The number of carbonyl (C=O) groups excluding carboxylic acids is 1. The molecule has 2 N–H and O–H groups in total. The van der Waals surface area contributed by atoms with Gasteiger partial charge in [0.1, 0.15) is 0 Å². The lowest BCUT2D eigenvalue weighted by atomic mass is 10.1. The van der Waals surface area contributed by atoms with Crippen LogP contribution in [0.4, 0.5) is 5.69 Å². The van der Waals surface area contributed by atoms with Crippen LogP contribution in [0, 0.1) is 0 Å². The third-order valence-electron chi connectivity index (χ3n) is 3.40. The minimum Gasteiger partial charge on any atom is -0.478 e. The van der Waals surface area contributed by atoms with Gasteiger partial charge in [0.2, 0.25) is 5.91 Å². The molecule has 2 aromatic rings. The summed E-state index contributed by atoms with van der Waals surface area (Å²) < 4.78 is 23.7. The van der Waals surface area contributed by atoms with E-state index in [1.54, 1.807) is 31.2 Å². The van der Waals surface area contributed by atoms with Crippen molar-refractivity contribution >= 4 is 27.4 Å². The Morgan fingerprint density at radius 2 is 1.79 bits per heavy atom. The number of amides is 1. The van der Waals surface area contributed by atoms with Crippen LogP contribution in [0.1, 0.15) is 22.8 Å². The second-order valence-corrected chi connectivity index (χ2v) is 7.44. The number of hydrogen-bond donors (Lipinski definition) is 2. The van der Waals surface area contributed by atoms with Gasteiger partial charge in [-0.15, -0.1) is 0 Å². The molecule has 0 saturated heterocycles. The van der Waals surface area contributed by atoms with Crippen molar-refractivity contribution in [2.45, 2.75) is 18.2 Å². The monoisotopic (exact) mass is 347 g/mol. The van der Waals surface area contributed by atoms with E-state index >= 15 is 0 Å². The molecule has 0 aliphatic rings. The molecule has 0 spiro atoms. The highest BCUT2D eigenvalue weighted by molar-refractivity contribution is 7.91. The molecule has 0 saturated carbocycles. The van der Waals surface area contributed by atoms with Crippen LogP contribution in [0.2, 0.25) is 0 Å². The Morgan fingerprint density at radius 1 is 1.08 bits per heavy atom. The summed E-state index contributed by atoms with van der Waals surface area (Å²) in [5.74, 6) is -1.44. The summed E-state index contributed by atoms with van der Waals surface area (Å²) in [7, 11) is -3.35. The molecule has 6 nitrogen and oxygen atoms in total. The summed E-state index contributed by atoms with van der Waals surface area (Å²) in [6.45, 7) is 1.55. The highest BCUT2D eigenvalue weighted by Gasteiger charge is 2.13. The number of anilines is 1. The summed E-state index contributed by atoms with van der Waals surface area (Å²) in [5.41, 5.74) is 1.05.